The van der Waals surface area contributed by atoms with Gasteiger partial charge in [-0.15, -0.1) is 0 Å². The van der Waals surface area contributed by atoms with Gasteiger partial charge in [-0.25, -0.2) is 17.8 Å². The normalized spacial score (nSPS) is 11.2. The molecule has 0 aliphatic heterocycles. The van der Waals surface area contributed by atoms with Crippen LogP contribution in [-0.2, 0) is 10.0 Å². The molecule has 6 heteroatoms. The molecule has 0 saturated carbocycles. The third kappa shape index (κ3) is 2.65. The van der Waals surface area contributed by atoms with Crippen molar-refractivity contribution in [3.63, 3.8) is 0 Å². The van der Waals surface area contributed by atoms with Gasteiger partial charge in [0.15, 0.2) is 0 Å². The van der Waals surface area contributed by atoms with Gasteiger partial charge in [-0.05, 0) is 36.8 Å². The molecule has 94 valence electrons. The lowest BCUT2D eigenvalue weighted by Gasteiger charge is -2.08. The number of aromatic nitrogens is 1. The number of nitrogens with zero attached hydrogens (tertiary/aromatic N) is 1. The fourth-order valence-corrected chi connectivity index (χ4v) is 2.53. The lowest BCUT2D eigenvalue weighted by atomic mass is 10.3. The zero-order chi connectivity index (χ0) is 13.2. The van der Waals surface area contributed by atoms with Crippen LogP contribution in [0.4, 0.5) is 10.2 Å². The Bertz CT molecular complexity index is 671. The first kappa shape index (κ1) is 12.5. The van der Waals surface area contributed by atoms with Crippen molar-refractivity contribution >= 4 is 15.8 Å². The van der Waals surface area contributed by atoms with Crippen molar-refractivity contribution in [2.75, 3.05) is 4.72 Å². The number of aryl methyl sites for hydroxylation is 1. The van der Waals surface area contributed by atoms with Crippen molar-refractivity contribution in [2.45, 2.75) is 11.8 Å². The van der Waals surface area contributed by atoms with E-state index in [0.29, 0.717) is 0 Å². The number of rotatable bonds is 3. The highest BCUT2D eigenvalue weighted by atomic mass is 32.2. The Morgan fingerprint density at radius 3 is 2.61 bits per heavy atom. The molecule has 0 unspecified atom stereocenters. The largest absolute Gasteiger partial charge is 0.265 e. The number of nitrogens with one attached hydrogen (secondary N) is 1. The highest BCUT2D eigenvalue weighted by molar-refractivity contribution is 7.92. The van der Waals surface area contributed by atoms with E-state index in [2.05, 4.69) is 9.71 Å². The Morgan fingerprint density at radius 1 is 1.22 bits per heavy atom. The smallest absolute Gasteiger partial charge is 0.263 e. The number of hydrogen-bond acceptors (Lipinski definition) is 3. The van der Waals surface area contributed by atoms with E-state index < -0.39 is 20.7 Å². The van der Waals surface area contributed by atoms with Crippen molar-refractivity contribution in [1.29, 1.82) is 0 Å². The van der Waals surface area contributed by atoms with Gasteiger partial charge in [-0.3, -0.25) is 4.72 Å². The molecule has 1 heterocycles. The standard InChI is InChI=1S/C12H11FN2O2S/c1-9-6-7-14-12(8-9)15-18(16,17)11-5-3-2-4-10(11)13/h2-8H,1H3,(H,14,15). The van der Waals surface area contributed by atoms with Crippen molar-refractivity contribution in [2.24, 2.45) is 0 Å². The van der Waals surface area contributed by atoms with Crippen LogP contribution in [0.3, 0.4) is 0 Å². The van der Waals surface area contributed by atoms with Gasteiger partial charge in [0.25, 0.3) is 10.0 Å². The average molecular weight is 266 g/mol. The molecular weight excluding hydrogens is 255 g/mol. The van der Waals surface area contributed by atoms with Crippen LogP contribution < -0.4 is 4.72 Å². The van der Waals surface area contributed by atoms with E-state index in [1.807, 2.05) is 6.92 Å². The number of benzene rings is 1. The van der Waals surface area contributed by atoms with E-state index in [1.54, 1.807) is 12.1 Å². The molecule has 0 atom stereocenters. The first-order chi connectivity index (χ1) is 8.49. The molecule has 4 nitrogen and oxygen atoms in total. The topological polar surface area (TPSA) is 59.1 Å². The Hall–Kier alpha value is -1.95. The molecule has 0 aliphatic carbocycles. The predicted molar refractivity (Wildman–Crippen MR) is 66.2 cm³/mol. The van der Waals surface area contributed by atoms with Crippen LogP contribution in [0.5, 0.6) is 0 Å². The SMILES string of the molecule is Cc1ccnc(NS(=O)(=O)c2ccccc2F)c1. The molecule has 0 spiro atoms. The summed E-state index contributed by atoms with van der Waals surface area (Å²) in [5.41, 5.74) is 0.858. The molecule has 0 fully saturated rings. The summed E-state index contributed by atoms with van der Waals surface area (Å²) in [6, 6.07) is 8.49. The van der Waals surface area contributed by atoms with Gasteiger partial charge in [-0.1, -0.05) is 12.1 Å². The second-order valence-corrected chi connectivity index (χ2v) is 5.41. The van der Waals surface area contributed by atoms with Crippen LogP contribution in [0, 0.1) is 12.7 Å². The third-order valence-electron chi connectivity index (χ3n) is 2.28. The maximum absolute atomic E-state index is 13.4. The van der Waals surface area contributed by atoms with Crippen LogP contribution in [-0.4, -0.2) is 13.4 Å². The van der Waals surface area contributed by atoms with Gasteiger partial charge >= 0.3 is 0 Å². The van der Waals surface area contributed by atoms with E-state index in [4.69, 9.17) is 0 Å². The highest BCUT2D eigenvalue weighted by Crippen LogP contribution is 2.17. The Labute approximate surface area is 105 Å². The van der Waals surface area contributed by atoms with Crippen molar-refractivity contribution in [3.8, 4) is 0 Å². The van der Waals surface area contributed by atoms with Gasteiger partial charge in [-0.2, -0.15) is 0 Å². The summed E-state index contributed by atoms with van der Waals surface area (Å²) in [6.07, 6.45) is 1.48. The zero-order valence-electron chi connectivity index (χ0n) is 9.59. The molecule has 0 radical (unpaired) electrons. The van der Waals surface area contributed by atoms with Gasteiger partial charge in [0.1, 0.15) is 16.5 Å². The molecule has 1 aromatic carbocycles. The lowest BCUT2D eigenvalue weighted by molar-refractivity contribution is 0.570. The predicted octanol–water partition coefficient (Wildman–Crippen LogP) is 2.33. The number of pyridine rings is 1. The highest BCUT2D eigenvalue weighted by Gasteiger charge is 2.18. The number of halogens is 1. The summed E-state index contributed by atoms with van der Waals surface area (Å²) in [7, 11) is -3.95. The number of hydrogen-bond donors (Lipinski definition) is 1. The average Bonchev–Trinajstić information content (AvgIpc) is 2.28. The summed E-state index contributed by atoms with van der Waals surface area (Å²) in [6.45, 7) is 1.81. The summed E-state index contributed by atoms with van der Waals surface area (Å²) in [4.78, 5) is 3.47. The minimum Gasteiger partial charge on any atom is -0.263 e. The molecule has 18 heavy (non-hydrogen) atoms. The number of anilines is 1. The van der Waals surface area contributed by atoms with Crippen molar-refractivity contribution in [1.82, 2.24) is 4.98 Å². The lowest BCUT2D eigenvalue weighted by Crippen LogP contribution is -2.15. The summed E-state index contributed by atoms with van der Waals surface area (Å²) < 4.78 is 39.6. The molecule has 0 aliphatic rings. The van der Waals surface area contributed by atoms with Gasteiger partial charge < -0.3 is 0 Å². The van der Waals surface area contributed by atoms with Crippen molar-refractivity contribution in [3.05, 3.63) is 54.0 Å². The van der Waals surface area contributed by atoms with E-state index >= 15 is 0 Å². The third-order valence-corrected chi connectivity index (χ3v) is 3.67. The molecule has 2 rings (SSSR count). The van der Waals surface area contributed by atoms with E-state index in [0.717, 1.165) is 11.6 Å². The van der Waals surface area contributed by atoms with Gasteiger partial charge in [0, 0.05) is 6.20 Å². The molecule has 1 N–H and O–H groups in total. The van der Waals surface area contributed by atoms with E-state index in [9.17, 15) is 12.8 Å². The fraction of sp³-hybridized carbons (Fsp3) is 0.0833. The zero-order valence-corrected chi connectivity index (χ0v) is 10.4. The van der Waals surface area contributed by atoms with E-state index in [-0.39, 0.29) is 5.82 Å². The minimum absolute atomic E-state index is 0.165. The quantitative estimate of drug-likeness (QED) is 0.927. The Balaban J connectivity index is 2.37. The maximum atomic E-state index is 13.4. The summed E-state index contributed by atoms with van der Waals surface area (Å²) in [5, 5.41) is 0. The summed E-state index contributed by atoms with van der Waals surface area (Å²) >= 11 is 0. The first-order valence-corrected chi connectivity index (χ1v) is 6.67. The van der Waals surface area contributed by atoms with Crippen LogP contribution in [0.15, 0.2) is 47.5 Å². The monoisotopic (exact) mass is 266 g/mol. The second kappa shape index (κ2) is 4.73. The van der Waals surface area contributed by atoms with Crippen molar-refractivity contribution < 1.29 is 12.8 Å². The first-order valence-electron chi connectivity index (χ1n) is 5.19. The second-order valence-electron chi connectivity index (χ2n) is 3.75. The molecule has 0 saturated heterocycles. The molecule has 0 amide bonds. The van der Waals surface area contributed by atoms with Gasteiger partial charge in [0.05, 0.1) is 0 Å². The summed E-state index contributed by atoms with van der Waals surface area (Å²) in [5.74, 6) is -0.629. The van der Waals surface area contributed by atoms with Crippen LogP contribution in [0.2, 0.25) is 0 Å². The fourth-order valence-electron chi connectivity index (χ4n) is 1.45. The molecule has 2 aromatic rings. The van der Waals surface area contributed by atoms with Crippen LogP contribution in [0.25, 0.3) is 0 Å². The minimum atomic E-state index is -3.95. The molecule has 1 aromatic heterocycles. The maximum Gasteiger partial charge on any atom is 0.265 e. The molecular formula is C12H11FN2O2S. The molecule has 0 bridgehead atoms. The Morgan fingerprint density at radius 2 is 1.94 bits per heavy atom. The van der Waals surface area contributed by atoms with Crippen LogP contribution >= 0.6 is 0 Å². The van der Waals surface area contributed by atoms with Gasteiger partial charge in [0.2, 0.25) is 0 Å². The van der Waals surface area contributed by atoms with E-state index in [1.165, 1.54) is 24.4 Å². The van der Waals surface area contributed by atoms with Crippen LogP contribution in [0.1, 0.15) is 5.56 Å². The number of sulfonamides is 1. The Kier molecular flexibility index (Phi) is 3.29.